The predicted octanol–water partition coefficient (Wildman–Crippen LogP) is 4.70. The van der Waals surface area contributed by atoms with E-state index in [-0.39, 0.29) is 11.6 Å². The van der Waals surface area contributed by atoms with Crippen LogP contribution in [0.15, 0.2) is 42.6 Å². The van der Waals surface area contributed by atoms with Crippen LogP contribution in [0.2, 0.25) is 0 Å². The number of anilines is 2. The van der Waals surface area contributed by atoms with E-state index in [2.05, 4.69) is 33.7 Å². The highest BCUT2D eigenvalue weighted by Gasteiger charge is 2.52. The summed E-state index contributed by atoms with van der Waals surface area (Å²) in [5.41, 5.74) is 4.10. The van der Waals surface area contributed by atoms with Crippen molar-refractivity contribution in [2.75, 3.05) is 30.8 Å². The van der Waals surface area contributed by atoms with Gasteiger partial charge < -0.3 is 15.5 Å². The molecule has 8 heteroatoms. The van der Waals surface area contributed by atoms with E-state index in [4.69, 9.17) is 0 Å². The first-order valence-corrected chi connectivity index (χ1v) is 11.9. The highest BCUT2D eigenvalue weighted by molar-refractivity contribution is 6.10. The highest BCUT2D eigenvalue weighted by Crippen LogP contribution is 2.54. The molecule has 1 aromatic heterocycles. The fraction of sp³-hybridized carbons (Fsp3) is 0.385. The Kier molecular flexibility index (Phi) is 4.95. The number of halogens is 2. The van der Waals surface area contributed by atoms with E-state index in [0.717, 1.165) is 73.8 Å². The smallest absolute Gasteiger partial charge is 0.235 e. The van der Waals surface area contributed by atoms with Crippen LogP contribution in [0.4, 0.5) is 20.2 Å². The van der Waals surface area contributed by atoms with E-state index in [1.165, 1.54) is 16.8 Å². The van der Waals surface area contributed by atoms with Crippen LogP contribution in [0, 0.1) is 11.6 Å². The Morgan fingerprint density at radius 1 is 1.12 bits per heavy atom. The summed E-state index contributed by atoms with van der Waals surface area (Å²) in [6.45, 7) is 2.06. The molecule has 1 saturated heterocycles. The molecule has 6 nitrogen and oxygen atoms in total. The molecule has 0 bridgehead atoms. The zero-order chi connectivity index (χ0) is 23.4. The topological polar surface area (TPSA) is 62.2 Å². The monoisotopic (exact) mass is 463 g/mol. The van der Waals surface area contributed by atoms with Crippen LogP contribution in [-0.4, -0.2) is 46.8 Å². The van der Waals surface area contributed by atoms with Gasteiger partial charge >= 0.3 is 0 Å². The lowest BCUT2D eigenvalue weighted by molar-refractivity contribution is -0.123. The van der Waals surface area contributed by atoms with Gasteiger partial charge in [0, 0.05) is 23.9 Å². The molecule has 176 valence electrons. The third-order valence-corrected chi connectivity index (χ3v) is 7.65. The molecule has 2 aromatic carbocycles. The van der Waals surface area contributed by atoms with Crippen molar-refractivity contribution >= 4 is 17.3 Å². The van der Waals surface area contributed by atoms with Crippen molar-refractivity contribution in [3.8, 4) is 16.9 Å². The summed E-state index contributed by atoms with van der Waals surface area (Å²) in [4.78, 5) is 15.3. The van der Waals surface area contributed by atoms with E-state index in [0.29, 0.717) is 11.7 Å². The van der Waals surface area contributed by atoms with Crippen molar-refractivity contribution in [1.82, 2.24) is 14.7 Å². The van der Waals surface area contributed by atoms with Gasteiger partial charge in [0.25, 0.3) is 0 Å². The number of hydrogen-bond donors (Lipinski definition) is 2. The van der Waals surface area contributed by atoms with Crippen molar-refractivity contribution in [2.45, 2.75) is 43.6 Å². The molecule has 3 aromatic rings. The first-order chi connectivity index (χ1) is 16.4. The summed E-state index contributed by atoms with van der Waals surface area (Å²) in [5, 5.41) is 11.4. The normalized spacial score (nSPS) is 19.7. The summed E-state index contributed by atoms with van der Waals surface area (Å²) in [6, 6.07) is 9.69. The highest BCUT2D eigenvalue weighted by atomic mass is 19.1. The fourth-order valence-corrected chi connectivity index (χ4v) is 5.45. The number of aromatic nitrogens is 2. The molecule has 3 aliphatic rings. The van der Waals surface area contributed by atoms with Gasteiger partial charge in [0.2, 0.25) is 5.91 Å². The first kappa shape index (κ1) is 21.3. The summed E-state index contributed by atoms with van der Waals surface area (Å²) < 4.78 is 29.1. The minimum Gasteiger partial charge on any atom is -0.381 e. The van der Waals surface area contributed by atoms with E-state index in [9.17, 15) is 13.6 Å². The number of likely N-dealkylation sites (tertiary alicyclic amines) is 1. The molecule has 0 radical (unpaired) electrons. The van der Waals surface area contributed by atoms with Gasteiger partial charge in [0.15, 0.2) is 5.82 Å². The predicted molar refractivity (Wildman–Crippen MR) is 127 cm³/mol. The minimum atomic E-state index is -0.670. The summed E-state index contributed by atoms with van der Waals surface area (Å²) in [7, 11) is 2.13. The van der Waals surface area contributed by atoms with Crippen molar-refractivity contribution in [1.29, 1.82) is 0 Å². The van der Waals surface area contributed by atoms with Gasteiger partial charge in [-0.2, -0.15) is 5.10 Å². The molecular weight excluding hydrogens is 436 g/mol. The largest absolute Gasteiger partial charge is 0.381 e. The quantitative estimate of drug-likeness (QED) is 0.589. The molecule has 2 aliphatic heterocycles. The second-order valence-electron chi connectivity index (χ2n) is 9.80. The molecule has 1 saturated carbocycles. The van der Waals surface area contributed by atoms with Crippen LogP contribution >= 0.6 is 0 Å². The minimum absolute atomic E-state index is 0.0799. The van der Waals surface area contributed by atoms with Gasteiger partial charge in [-0.25, -0.2) is 13.5 Å². The van der Waals surface area contributed by atoms with Crippen LogP contribution in [0.5, 0.6) is 0 Å². The Labute approximate surface area is 197 Å². The molecule has 2 fully saturated rings. The molecule has 1 aliphatic carbocycles. The molecule has 34 heavy (non-hydrogen) atoms. The number of nitrogens with one attached hydrogen (secondary N) is 2. The number of rotatable bonds is 4. The summed E-state index contributed by atoms with van der Waals surface area (Å²) >= 11 is 0. The van der Waals surface area contributed by atoms with Crippen molar-refractivity contribution in [3.05, 3.63) is 59.8 Å². The zero-order valence-corrected chi connectivity index (χ0v) is 19.1. The van der Waals surface area contributed by atoms with E-state index < -0.39 is 17.0 Å². The van der Waals surface area contributed by atoms with Gasteiger partial charge in [-0.15, -0.1) is 0 Å². The molecule has 0 atom stereocenters. The number of amides is 1. The summed E-state index contributed by atoms with van der Waals surface area (Å²) in [5.74, 6) is -1.22. The standard InChI is InChI=1S/C26H27F2N5O/c1-32-10-5-18(6-11-32)29-22-14-16(13-19-24(22)30-25(34)26(19)8-2-9-26)21-7-12-33(31-21)23-4-3-17(27)15-20(23)28/h3-4,7,12-15,18,29H,2,5-6,8-11H2,1H3,(H,30,34). The second-order valence-corrected chi connectivity index (χ2v) is 9.80. The number of nitrogens with zero attached hydrogens (tertiary/aromatic N) is 3. The SMILES string of the molecule is CN1CCC(Nc2cc(-c3ccn(-c4ccc(F)cc4F)n3)cc3c2NC(=O)C32CCC2)CC1. The van der Waals surface area contributed by atoms with Gasteiger partial charge in [-0.1, -0.05) is 6.42 Å². The second kappa shape index (κ2) is 7.91. The van der Waals surface area contributed by atoms with Crippen molar-refractivity contribution in [3.63, 3.8) is 0 Å². The third kappa shape index (κ3) is 3.39. The van der Waals surface area contributed by atoms with E-state index in [1.54, 1.807) is 6.20 Å². The first-order valence-electron chi connectivity index (χ1n) is 11.9. The summed E-state index contributed by atoms with van der Waals surface area (Å²) in [6.07, 6.45) is 6.47. The Morgan fingerprint density at radius 3 is 2.62 bits per heavy atom. The molecule has 2 N–H and O–H groups in total. The van der Waals surface area contributed by atoms with Crippen LogP contribution in [0.1, 0.15) is 37.7 Å². The maximum atomic E-state index is 14.3. The van der Waals surface area contributed by atoms with Gasteiger partial charge in [0.05, 0.1) is 22.5 Å². The number of piperidine rings is 1. The average molecular weight is 464 g/mol. The lowest BCUT2D eigenvalue weighted by atomic mass is 9.65. The van der Waals surface area contributed by atoms with Crippen LogP contribution in [0.25, 0.3) is 16.9 Å². The Balaban J connectivity index is 1.40. The number of benzene rings is 2. The lowest BCUT2D eigenvalue weighted by Gasteiger charge is -2.36. The third-order valence-electron chi connectivity index (χ3n) is 7.65. The van der Waals surface area contributed by atoms with E-state index in [1.807, 2.05) is 12.1 Å². The van der Waals surface area contributed by atoms with E-state index >= 15 is 0 Å². The molecule has 6 rings (SSSR count). The zero-order valence-electron chi connectivity index (χ0n) is 19.1. The average Bonchev–Trinajstić information content (AvgIpc) is 3.37. The molecular formula is C26H27F2N5O. The number of carbonyl (C=O) groups is 1. The van der Waals surface area contributed by atoms with Crippen molar-refractivity contribution < 1.29 is 13.6 Å². The maximum absolute atomic E-state index is 14.3. The lowest BCUT2D eigenvalue weighted by Crippen LogP contribution is -2.40. The van der Waals surface area contributed by atoms with Gasteiger partial charge in [-0.05, 0) is 81.7 Å². The van der Waals surface area contributed by atoms with Crippen LogP contribution in [0.3, 0.4) is 0 Å². The van der Waals surface area contributed by atoms with Gasteiger partial charge in [0.1, 0.15) is 11.5 Å². The molecule has 1 amide bonds. The maximum Gasteiger partial charge on any atom is 0.235 e. The van der Waals surface area contributed by atoms with Crippen LogP contribution < -0.4 is 10.6 Å². The fourth-order valence-electron chi connectivity index (χ4n) is 5.45. The number of fused-ring (bicyclic) bond motifs is 2. The molecule has 3 heterocycles. The Bertz CT molecular complexity index is 1270. The van der Waals surface area contributed by atoms with Crippen molar-refractivity contribution in [2.24, 2.45) is 0 Å². The number of carbonyl (C=O) groups excluding carboxylic acids is 1. The Hall–Kier alpha value is -3.26. The number of hydrogen-bond acceptors (Lipinski definition) is 4. The Morgan fingerprint density at radius 2 is 1.91 bits per heavy atom. The molecule has 0 unspecified atom stereocenters. The van der Waals surface area contributed by atoms with Gasteiger partial charge in [-0.3, -0.25) is 4.79 Å². The molecule has 1 spiro atoms. The van der Waals surface area contributed by atoms with Crippen LogP contribution in [-0.2, 0) is 10.2 Å².